The number of aliphatic hydroxyl groups excluding tert-OH is 2. The molecule has 28 heavy (non-hydrogen) atoms. The fraction of sp³-hybridized carbons (Fsp3) is 0.389. The highest BCUT2D eigenvalue weighted by Gasteiger charge is 2.33. The zero-order valence-electron chi connectivity index (χ0n) is 16.2. The van der Waals surface area contributed by atoms with E-state index in [2.05, 4.69) is 16.0 Å². The van der Waals surface area contributed by atoms with Gasteiger partial charge in [0.2, 0.25) is 0 Å². The van der Waals surface area contributed by atoms with Crippen molar-refractivity contribution in [3.8, 4) is 0 Å². The standard InChI is InChI=1S/C18H28N6O4/c1-18(10-25,17(21)27)24-16(26)15(23-3)13-8-12(4-5-14(13)20)28-9-11(19)6-7-22-2/h4-8,17,19-20,22-23,25,27H,9-10,21H2,1-3H3,(H,24,26)/b7-6-,15-13-,19-11?,20-14?. The summed E-state index contributed by atoms with van der Waals surface area (Å²) in [5, 5.41) is 42.9. The van der Waals surface area contributed by atoms with E-state index in [-0.39, 0.29) is 29.3 Å². The minimum Gasteiger partial charge on any atom is -0.487 e. The number of rotatable bonds is 10. The van der Waals surface area contributed by atoms with Crippen molar-refractivity contribution in [2.45, 2.75) is 18.7 Å². The number of aliphatic hydroxyl groups is 2. The fourth-order valence-corrected chi connectivity index (χ4v) is 2.11. The number of carbonyl (C=O) groups excluding carboxylic acids is 1. The molecule has 1 aliphatic rings. The summed E-state index contributed by atoms with van der Waals surface area (Å²) in [4.78, 5) is 12.6. The lowest BCUT2D eigenvalue weighted by atomic mass is 9.99. The smallest absolute Gasteiger partial charge is 0.268 e. The molecule has 0 heterocycles. The van der Waals surface area contributed by atoms with Crippen molar-refractivity contribution in [1.82, 2.24) is 16.0 Å². The summed E-state index contributed by atoms with van der Waals surface area (Å²) in [5.41, 5.74) is 4.57. The van der Waals surface area contributed by atoms with Crippen LogP contribution in [0.25, 0.3) is 0 Å². The largest absolute Gasteiger partial charge is 0.487 e. The summed E-state index contributed by atoms with van der Waals surface area (Å²) in [7, 11) is 3.23. The van der Waals surface area contributed by atoms with Crippen LogP contribution in [0.2, 0.25) is 0 Å². The maximum absolute atomic E-state index is 12.6. The van der Waals surface area contributed by atoms with Gasteiger partial charge in [-0.2, -0.15) is 0 Å². The molecular formula is C18H28N6O4. The van der Waals surface area contributed by atoms with E-state index in [1.807, 2.05) is 0 Å². The normalized spacial score (nSPS) is 18.8. The first kappa shape index (κ1) is 23.1. The van der Waals surface area contributed by atoms with E-state index in [0.29, 0.717) is 5.76 Å². The number of nitrogens with two attached hydrogens (primary N) is 1. The molecule has 1 rings (SSSR count). The fourth-order valence-electron chi connectivity index (χ4n) is 2.11. The van der Waals surface area contributed by atoms with Crippen molar-refractivity contribution in [2.75, 3.05) is 27.3 Å². The zero-order chi connectivity index (χ0) is 21.3. The van der Waals surface area contributed by atoms with Crippen molar-refractivity contribution in [3.63, 3.8) is 0 Å². The molecule has 0 saturated carbocycles. The van der Waals surface area contributed by atoms with Crippen molar-refractivity contribution in [2.24, 2.45) is 5.73 Å². The first-order valence-corrected chi connectivity index (χ1v) is 8.50. The second-order valence-corrected chi connectivity index (χ2v) is 6.24. The van der Waals surface area contributed by atoms with E-state index < -0.39 is 24.3 Å². The molecule has 0 aromatic heterocycles. The average molecular weight is 392 g/mol. The summed E-state index contributed by atoms with van der Waals surface area (Å²) in [6.45, 7) is 0.832. The van der Waals surface area contributed by atoms with Gasteiger partial charge in [-0.05, 0) is 37.4 Å². The van der Waals surface area contributed by atoms with Crippen LogP contribution >= 0.6 is 0 Å². The van der Waals surface area contributed by atoms with E-state index in [0.717, 1.165) is 0 Å². The van der Waals surface area contributed by atoms with Gasteiger partial charge in [0.05, 0.1) is 23.6 Å². The Kier molecular flexibility index (Phi) is 8.58. The molecule has 0 fully saturated rings. The molecule has 10 nitrogen and oxygen atoms in total. The van der Waals surface area contributed by atoms with Crippen molar-refractivity contribution in [3.05, 3.63) is 47.5 Å². The first-order chi connectivity index (χ1) is 13.2. The van der Waals surface area contributed by atoms with Crippen molar-refractivity contribution >= 4 is 17.3 Å². The quantitative estimate of drug-likeness (QED) is 0.131. The van der Waals surface area contributed by atoms with Gasteiger partial charge < -0.3 is 47.5 Å². The summed E-state index contributed by atoms with van der Waals surface area (Å²) in [5.74, 6) is -0.281. The number of amides is 1. The molecule has 0 spiro atoms. The Bertz CT molecular complexity index is 738. The molecule has 2 atom stereocenters. The molecular weight excluding hydrogens is 364 g/mol. The monoisotopic (exact) mass is 392 g/mol. The molecule has 0 radical (unpaired) electrons. The number of hydrogen-bond donors (Lipinski definition) is 8. The van der Waals surface area contributed by atoms with Crippen molar-refractivity contribution < 1.29 is 19.7 Å². The van der Waals surface area contributed by atoms with Gasteiger partial charge in [-0.3, -0.25) is 4.79 Å². The number of carbonyl (C=O) groups is 1. The molecule has 10 heteroatoms. The summed E-state index contributed by atoms with van der Waals surface area (Å²) >= 11 is 0. The van der Waals surface area contributed by atoms with E-state index in [1.165, 1.54) is 26.1 Å². The average Bonchev–Trinajstić information content (AvgIpc) is 2.66. The third kappa shape index (κ3) is 6.05. The molecule has 2 unspecified atom stereocenters. The third-order valence-electron chi connectivity index (χ3n) is 3.96. The lowest BCUT2D eigenvalue weighted by Crippen LogP contribution is -2.61. The maximum Gasteiger partial charge on any atom is 0.268 e. The zero-order valence-corrected chi connectivity index (χ0v) is 16.2. The molecule has 9 N–H and O–H groups in total. The number of allylic oxidation sites excluding steroid dienone is 4. The predicted molar refractivity (Wildman–Crippen MR) is 107 cm³/mol. The van der Waals surface area contributed by atoms with Crippen molar-refractivity contribution in [1.29, 1.82) is 10.8 Å². The highest BCUT2D eigenvalue weighted by atomic mass is 16.5. The van der Waals surface area contributed by atoms with Gasteiger partial charge in [0, 0.05) is 19.7 Å². The molecule has 1 aliphatic carbocycles. The molecule has 0 aromatic rings. The van der Waals surface area contributed by atoms with Crippen LogP contribution in [0, 0.1) is 10.8 Å². The van der Waals surface area contributed by atoms with Gasteiger partial charge in [-0.15, -0.1) is 0 Å². The second-order valence-electron chi connectivity index (χ2n) is 6.24. The van der Waals surface area contributed by atoms with Gasteiger partial charge in [-0.25, -0.2) is 0 Å². The number of nitrogens with one attached hydrogen (secondary N) is 5. The lowest BCUT2D eigenvalue weighted by molar-refractivity contribution is -0.122. The Morgan fingerprint density at radius 1 is 1.43 bits per heavy atom. The third-order valence-corrected chi connectivity index (χ3v) is 3.96. The summed E-state index contributed by atoms with van der Waals surface area (Å²) in [6.07, 6.45) is 6.19. The maximum atomic E-state index is 12.6. The Morgan fingerprint density at radius 2 is 2.11 bits per heavy atom. The summed E-state index contributed by atoms with van der Waals surface area (Å²) < 4.78 is 5.54. The first-order valence-electron chi connectivity index (χ1n) is 8.50. The van der Waals surface area contributed by atoms with E-state index in [9.17, 15) is 15.0 Å². The predicted octanol–water partition coefficient (Wildman–Crippen LogP) is -1.15. The van der Waals surface area contributed by atoms with Crippen LogP contribution < -0.4 is 21.7 Å². The number of likely N-dealkylation sites (N-methyl/N-ethyl adjacent to an activating group) is 1. The van der Waals surface area contributed by atoms with Gasteiger partial charge in [0.1, 0.15) is 24.3 Å². The van der Waals surface area contributed by atoms with Gasteiger partial charge >= 0.3 is 0 Å². The molecule has 154 valence electrons. The highest BCUT2D eigenvalue weighted by molar-refractivity contribution is 6.14. The second kappa shape index (κ2) is 10.4. The minimum atomic E-state index is -1.48. The highest BCUT2D eigenvalue weighted by Crippen LogP contribution is 2.18. The number of hydrogen-bond acceptors (Lipinski definition) is 9. The molecule has 0 aromatic carbocycles. The van der Waals surface area contributed by atoms with Crippen LogP contribution in [0.4, 0.5) is 0 Å². The van der Waals surface area contributed by atoms with Crippen LogP contribution in [0.15, 0.2) is 47.5 Å². The SMILES string of the molecule is CN/C=C\C(=N)COC1=C/C(=C(/NC)C(=O)NC(C)(CO)C(N)O)C(=N)C=C1. The lowest BCUT2D eigenvalue weighted by Gasteiger charge is -2.32. The Labute approximate surface area is 163 Å². The topological polar surface area (TPSA) is 177 Å². The minimum absolute atomic E-state index is 0.0119. The van der Waals surface area contributed by atoms with Crippen LogP contribution in [-0.4, -0.2) is 66.6 Å². The van der Waals surface area contributed by atoms with E-state index in [4.69, 9.17) is 21.3 Å². The van der Waals surface area contributed by atoms with Crippen LogP contribution in [0.5, 0.6) is 0 Å². The van der Waals surface area contributed by atoms with Crippen LogP contribution in [0.3, 0.4) is 0 Å². The number of ether oxygens (including phenoxy) is 1. The van der Waals surface area contributed by atoms with Gasteiger partial charge in [-0.1, -0.05) is 0 Å². The van der Waals surface area contributed by atoms with Crippen LogP contribution in [-0.2, 0) is 9.53 Å². The van der Waals surface area contributed by atoms with Crippen LogP contribution in [0.1, 0.15) is 6.92 Å². The molecule has 0 aliphatic heterocycles. The van der Waals surface area contributed by atoms with E-state index >= 15 is 0 Å². The molecule has 0 saturated heterocycles. The molecule has 0 bridgehead atoms. The van der Waals surface area contributed by atoms with E-state index in [1.54, 1.807) is 25.4 Å². The Morgan fingerprint density at radius 3 is 2.64 bits per heavy atom. The van der Waals surface area contributed by atoms with Gasteiger partial charge in [0.15, 0.2) is 0 Å². The Balaban J connectivity index is 3.07. The van der Waals surface area contributed by atoms with Gasteiger partial charge in [0.25, 0.3) is 5.91 Å². The Hall–Kier alpha value is -2.95. The molecule has 1 amide bonds. The summed E-state index contributed by atoms with van der Waals surface area (Å²) in [6, 6.07) is 0.